The van der Waals surface area contributed by atoms with E-state index in [2.05, 4.69) is 126 Å². The van der Waals surface area contributed by atoms with Crippen LogP contribution in [0.15, 0.2) is 133 Å². The smallest absolute Gasteiger partial charge is 0.104 e. The van der Waals surface area contributed by atoms with Crippen molar-refractivity contribution in [1.29, 1.82) is 0 Å². The van der Waals surface area contributed by atoms with Crippen LogP contribution in [-0.4, -0.2) is 64.2 Å². The van der Waals surface area contributed by atoms with Crippen LogP contribution in [0.5, 0.6) is 0 Å². The molecule has 0 unspecified atom stereocenters. The first-order valence-corrected chi connectivity index (χ1v) is 34.3. The van der Waals surface area contributed by atoms with Gasteiger partial charge in [0, 0.05) is 38.2 Å². The fourth-order valence-electron chi connectivity index (χ4n) is 11.8. The molecule has 0 atom stereocenters. The van der Waals surface area contributed by atoms with Crippen molar-refractivity contribution in [2.45, 2.75) is 238 Å². The van der Waals surface area contributed by atoms with Crippen LogP contribution in [0, 0.1) is 0 Å². The van der Waals surface area contributed by atoms with E-state index in [1.165, 1.54) is 204 Å². The minimum atomic E-state index is -2.23. The van der Waals surface area contributed by atoms with E-state index in [1.54, 1.807) is 0 Å². The molecule has 5 aromatic rings. The molecular formula is C74H114BCl3N2O3. The van der Waals surface area contributed by atoms with Gasteiger partial charge in [-0.05, 0) is 91.6 Å². The fraction of sp³-hybridized carbons (Fsp3) is 0.595. The zero-order valence-electron chi connectivity index (χ0n) is 53.2. The van der Waals surface area contributed by atoms with Crippen LogP contribution >= 0.6 is 34.8 Å². The summed E-state index contributed by atoms with van der Waals surface area (Å²) in [5, 5.41) is 23.1. The lowest BCUT2D eigenvalue weighted by atomic mass is 9.66. The Morgan fingerprint density at radius 2 is 0.651 bits per heavy atom. The predicted octanol–water partition coefficient (Wildman–Crippen LogP) is 20.8. The number of unbranched alkanes of at least 4 members (excludes halogenated alkanes) is 28. The standard InChI is InChI=1S/2C25H46N.C24H22BCl3O3/c2*1-4-5-6-7-8-9-10-11-12-13-14-15-16-20-23-26(2,3)24-25-21-18-17-19-22-25;26-21-10-4-7-18(15-21)24(19-8-5-11-22(27)16-19,20-9-6-12-23(28)17-20)13-2-1-3-14-31-25(29)30/h2*17-19,21-22H,4-16,20,23-24H2,1-3H3;4-12,15-17H,1-3,13-14H2/q2*+1;-2. The van der Waals surface area contributed by atoms with E-state index < -0.39 is 12.7 Å². The van der Waals surface area contributed by atoms with Gasteiger partial charge in [0.05, 0.1) is 48.6 Å². The van der Waals surface area contributed by atoms with E-state index in [1.807, 2.05) is 54.6 Å². The summed E-state index contributed by atoms with van der Waals surface area (Å²) < 4.78 is 6.84. The maximum absolute atomic E-state index is 10.6. The Labute approximate surface area is 524 Å². The van der Waals surface area contributed by atoms with Crippen molar-refractivity contribution in [1.82, 2.24) is 0 Å². The molecule has 0 amide bonds. The minimum Gasteiger partial charge on any atom is -0.871 e. The van der Waals surface area contributed by atoms with Crippen LogP contribution in [0.3, 0.4) is 0 Å². The van der Waals surface area contributed by atoms with Gasteiger partial charge in [-0.15, -0.1) is 0 Å². The summed E-state index contributed by atoms with van der Waals surface area (Å²) in [6, 6.07) is 45.4. The van der Waals surface area contributed by atoms with Gasteiger partial charge in [0.1, 0.15) is 13.1 Å². The Bertz CT molecular complexity index is 2120. The summed E-state index contributed by atoms with van der Waals surface area (Å²) in [5.41, 5.74) is 5.52. The van der Waals surface area contributed by atoms with Gasteiger partial charge in [0.15, 0.2) is 0 Å². The summed E-state index contributed by atoms with van der Waals surface area (Å²) in [7, 11) is 7.25. The molecule has 5 aromatic carbocycles. The highest BCUT2D eigenvalue weighted by Crippen LogP contribution is 2.45. The third-order valence-corrected chi connectivity index (χ3v) is 17.2. The number of hydrogen-bond donors (Lipinski definition) is 0. The Kier molecular flexibility index (Phi) is 41.1. The molecular weight excluding hydrogens is 1080 g/mol. The van der Waals surface area contributed by atoms with Gasteiger partial charge in [0.2, 0.25) is 0 Å². The molecule has 0 aliphatic carbocycles. The third-order valence-electron chi connectivity index (χ3n) is 16.5. The number of rotatable bonds is 44. The first kappa shape index (κ1) is 74.1. The molecule has 9 heteroatoms. The number of halogens is 3. The molecule has 0 aliphatic heterocycles. The zero-order chi connectivity index (χ0) is 60.1. The molecule has 0 N–H and O–H groups in total. The molecule has 5 rings (SSSR count). The van der Waals surface area contributed by atoms with Crippen molar-refractivity contribution in [2.24, 2.45) is 0 Å². The van der Waals surface area contributed by atoms with E-state index in [4.69, 9.17) is 34.8 Å². The highest BCUT2D eigenvalue weighted by Gasteiger charge is 2.36. The first-order chi connectivity index (χ1) is 40.2. The number of quaternary nitrogens is 2. The summed E-state index contributed by atoms with van der Waals surface area (Å²) >= 11 is 19.2. The van der Waals surface area contributed by atoms with Crippen molar-refractivity contribution < 1.29 is 23.7 Å². The molecule has 462 valence electrons. The van der Waals surface area contributed by atoms with Crippen molar-refractivity contribution >= 4 is 42.1 Å². The topological polar surface area (TPSA) is 55.3 Å². The molecule has 0 saturated carbocycles. The highest BCUT2D eigenvalue weighted by molar-refractivity contribution is 6.31. The molecule has 0 fully saturated rings. The lowest BCUT2D eigenvalue weighted by Gasteiger charge is -2.37. The van der Waals surface area contributed by atoms with Crippen molar-refractivity contribution in [3.63, 3.8) is 0 Å². The summed E-state index contributed by atoms with van der Waals surface area (Å²) in [6.45, 7) is 9.66. The van der Waals surface area contributed by atoms with Crippen molar-refractivity contribution in [2.75, 3.05) is 47.9 Å². The molecule has 0 saturated heterocycles. The van der Waals surface area contributed by atoms with Crippen molar-refractivity contribution in [3.8, 4) is 0 Å². The van der Waals surface area contributed by atoms with Gasteiger partial charge in [-0.25, -0.2) is 0 Å². The second kappa shape index (κ2) is 46.1. The predicted molar refractivity (Wildman–Crippen MR) is 359 cm³/mol. The molecule has 5 nitrogen and oxygen atoms in total. The van der Waals surface area contributed by atoms with Gasteiger partial charge < -0.3 is 23.7 Å². The van der Waals surface area contributed by atoms with E-state index in [0.717, 1.165) is 58.0 Å². The van der Waals surface area contributed by atoms with Gasteiger partial charge in [-0.1, -0.05) is 313 Å². The van der Waals surface area contributed by atoms with E-state index in [-0.39, 0.29) is 6.61 Å². The molecule has 0 bridgehead atoms. The molecule has 0 radical (unpaired) electrons. The maximum Gasteiger partial charge on any atom is 0.104 e. The van der Waals surface area contributed by atoms with E-state index in [9.17, 15) is 10.0 Å². The van der Waals surface area contributed by atoms with Gasteiger partial charge >= 0.3 is 0 Å². The monoisotopic (exact) mass is 1190 g/mol. The molecule has 0 spiro atoms. The van der Waals surface area contributed by atoms with Crippen LogP contribution in [-0.2, 0) is 23.2 Å². The molecule has 0 aliphatic rings. The Morgan fingerprint density at radius 3 is 0.940 bits per heavy atom. The second-order valence-electron chi connectivity index (χ2n) is 25.2. The second-order valence-corrected chi connectivity index (χ2v) is 26.5. The van der Waals surface area contributed by atoms with Crippen molar-refractivity contribution in [3.05, 3.63) is 176 Å². The van der Waals surface area contributed by atoms with Crippen LogP contribution in [0.1, 0.15) is 247 Å². The largest absolute Gasteiger partial charge is 0.871 e. The highest BCUT2D eigenvalue weighted by atomic mass is 35.5. The summed E-state index contributed by atoms with van der Waals surface area (Å²) in [5.74, 6) is 0. The van der Waals surface area contributed by atoms with E-state index >= 15 is 0 Å². The number of benzene rings is 5. The van der Waals surface area contributed by atoms with Gasteiger partial charge in [-0.3, -0.25) is 0 Å². The number of hydrogen-bond acceptors (Lipinski definition) is 3. The third kappa shape index (κ3) is 35.3. The Morgan fingerprint density at radius 1 is 0.361 bits per heavy atom. The SMILES string of the molecule is CCCCCCCCCCCCCCCC[N+](C)(C)Cc1ccccc1.CCCCCCCCCCCCCCCC[N+](C)(C)Cc1ccccc1.[O-]B([O-])OCCCCCC(c1cccc(Cl)c1)(c1cccc(Cl)c1)c1cccc(Cl)c1. The van der Waals surface area contributed by atoms with Crippen LogP contribution in [0.4, 0.5) is 0 Å². The average Bonchev–Trinajstić information content (AvgIpc) is 3.66. The average molecular weight is 1200 g/mol. The minimum absolute atomic E-state index is 0.163. The lowest BCUT2D eigenvalue weighted by Crippen LogP contribution is -2.47. The normalized spacial score (nSPS) is 11.7. The summed E-state index contributed by atoms with van der Waals surface area (Å²) in [6.07, 6.45) is 43.4. The van der Waals surface area contributed by atoms with E-state index in [0.29, 0.717) is 21.5 Å². The number of nitrogens with zero attached hydrogens (tertiary/aromatic N) is 2. The quantitative estimate of drug-likeness (QED) is 0.0169. The molecule has 0 heterocycles. The summed E-state index contributed by atoms with van der Waals surface area (Å²) in [4.78, 5) is 0. The fourth-order valence-corrected chi connectivity index (χ4v) is 12.4. The first-order valence-electron chi connectivity index (χ1n) is 33.1. The zero-order valence-corrected chi connectivity index (χ0v) is 55.5. The lowest BCUT2D eigenvalue weighted by molar-refractivity contribution is -0.903. The van der Waals surface area contributed by atoms with Crippen LogP contribution in [0.25, 0.3) is 0 Å². The van der Waals surface area contributed by atoms with Crippen LogP contribution in [0.2, 0.25) is 15.1 Å². The molecule has 83 heavy (non-hydrogen) atoms. The molecule has 0 aromatic heterocycles. The Hall–Kier alpha value is -3.17. The van der Waals surface area contributed by atoms with Crippen LogP contribution < -0.4 is 10.0 Å². The Balaban J connectivity index is 0.000000329. The maximum atomic E-state index is 10.6. The van der Waals surface area contributed by atoms with Gasteiger partial charge in [0.25, 0.3) is 0 Å². The van der Waals surface area contributed by atoms with Gasteiger partial charge in [-0.2, -0.15) is 0 Å².